The monoisotopic (exact) mass is 353 g/mol. The van der Waals surface area contributed by atoms with Gasteiger partial charge in [-0.1, -0.05) is 11.6 Å². The summed E-state index contributed by atoms with van der Waals surface area (Å²) in [4.78, 5) is 23.4. The molecule has 0 aliphatic rings. The first-order valence-corrected chi connectivity index (χ1v) is 6.72. The van der Waals surface area contributed by atoms with E-state index < -0.39 is 40.7 Å². The molecular weight excluding hydrogens is 339 g/mol. The molecule has 0 heterocycles. The molecule has 0 radical (unpaired) electrons. The summed E-state index contributed by atoms with van der Waals surface area (Å²) in [5.74, 6) is -2.68. The highest BCUT2D eigenvalue weighted by Gasteiger charge is 2.43. The van der Waals surface area contributed by atoms with Crippen LogP contribution < -0.4 is 10.1 Å². The Morgan fingerprint density at radius 2 is 1.74 bits per heavy atom. The third-order valence-corrected chi connectivity index (χ3v) is 2.73. The Bertz CT molecular complexity index is 624. The van der Waals surface area contributed by atoms with Crippen molar-refractivity contribution >= 4 is 29.2 Å². The van der Waals surface area contributed by atoms with Gasteiger partial charge >= 0.3 is 12.3 Å². The predicted molar refractivity (Wildman–Crippen MR) is 78.2 cm³/mol. The van der Waals surface area contributed by atoms with Gasteiger partial charge in [0.2, 0.25) is 0 Å². The second kappa shape index (κ2) is 6.66. The molecule has 0 atom stereocenters. The van der Waals surface area contributed by atoms with Crippen LogP contribution in [-0.4, -0.2) is 30.8 Å². The topological polar surface area (TPSA) is 64.6 Å². The van der Waals surface area contributed by atoms with E-state index in [-0.39, 0.29) is 5.02 Å². The molecule has 5 nitrogen and oxygen atoms in total. The molecule has 0 unspecified atom stereocenters. The lowest BCUT2D eigenvalue weighted by molar-refractivity contribution is -0.0886. The zero-order valence-corrected chi connectivity index (χ0v) is 13.6. The van der Waals surface area contributed by atoms with Gasteiger partial charge in [0.25, 0.3) is 5.78 Å². The smallest absolute Gasteiger partial charge is 0.455 e. The Hall–Kier alpha value is -1.96. The SMILES string of the molecule is COc1c(Cl)ccc(NC(=O)OC(C)(C)C)c1C(=O)C(F)(F)F. The first-order chi connectivity index (χ1) is 10.4. The third-order valence-electron chi connectivity index (χ3n) is 2.43. The van der Waals surface area contributed by atoms with Crippen LogP contribution in [0.3, 0.4) is 0 Å². The minimum Gasteiger partial charge on any atom is -0.494 e. The fourth-order valence-corrected chi connectivity index (χ4v) is 1.88. The zero-order valence-electron chi connectivity index (χ0n) is 12.8. The van der Waals surface area contributed by atoms with E-state index in [0.717, 1.165) is 13.2 Å². The number of carbonyl (C=O) groups is 2. The molecule has 0 bridgehead atoms. The highest BCUT2D eigenvalue weighted by atomic mass is 35.5. The molecule has 1 rings (SSSR count). The lowest BCUT2D eigenvalue weighted by Crippen LogP contribution is -2.29. The maximum atomic E-state index is 12.8. The van der Waals surface area contributed by atoms with Crippen molar-refractivity contribution in [2.75, 3.05) is 12.4 Å². The van der Waals surface area contributed by atoms with Gasteiger partial charge in [0.05, 0.1) is 23.4 Å². The van der Waals surface area contributed by atoms with Gasteiger partial charge in [-0.15, -0.1) is 0 Å². The van der Waals surface area contributed by atoms with Gasteiger partial charge in [-0.2, -0.15) is 13.2 Å². The standard InChI is InChI=1S/C14H15ClF3NO4/c1-13(2,3)23-12(21)19-8-6-5-7(15)10(22-4)9(8)11(20)14(16,17)18/h5-6H,1-4H3,(H,19,21). The second-order valence-electron chi connectivity index (χ2n) is 5.46. The Labute approximate surface area is 135 Å². The largest absolute Gasteiger partial charge is 0.494 e. The average molecular weight is 354 g/mol. The quantitative estimate of drug-likeness (QED) is 0.816. The molecule has 1 aromatic rings. The van der Waals surface area contributed by atoms with Crippen LogP contribution in [-0.2, 0) is 4.74 Å². The zero-order chi connectivity index (χ0) is 18.0. The summed E-state index contributed by atoms with van der Waals surface area (Å²) in [6.45, 7) is 4.74. The number of rotatable bonds is 3. The molecule has 0 saturated carbocycles. The van der Waals surface area contributed by atoms with Gasteiger partial charge in [-0.05, 0) is 32.9 Å². The van der Waals surface area contributed by atoms with Gasteiger partial charge in [-0.25, -0.2) is 4.79 Å². The second-order valence-corrected chi connectivity index (χ2v) is 5.86. The molecule has 23 heavy (non-hydrogen) atoms. The van der Waals surface area contributed by atoms with Crippen molar-refractivity contribution in [3.05, 3.63) is 22.7 Å². The van der Waals surface area contributed by atoms with Crippen molar-refractivity contribution in [3.8, 4) is 5.75 Å². The number of hydrogen-bond donors (Lipinski definition) is 1. The van der Waals surface area contributed by atoms with Crippen molar-refractivity contribution in [1.82, 2.24) is 0 Å². The molecule has 0 aliphatic heterocycles. The molecule has 1 amide bonds. The summed E-state index contributed by atoms with van der Waals surface area (Å²) in [7, 11) is 1.06. The molecule has 0 spiro atoms. The summed E-state index contributed by atoms with van der Waals surface area (Å²) in [5.41, 5.74) is -2.17. The molecule has 0 aromatic heterocycles. The van der Waals surface area contributed by atoms with Crippen molar-refractivity contribution in [2.45, 2.75) is 32.5 Å². The van der Waals surface area contributed by atoms with Crippen LogP contribution in [0.1, 0.15) is 31.1 Å². The maximum Gasteiger partial charge on any atom is 0.455 e. The Morgan fingerprint density at radius 1 is 1.17 bits per heavy atom. The number of carbonyl (C=O) groups excluding carboxylic acids is 2. The Balaban J connectivity index is 3.33. The van der Waals surface area contributed by atoms with Gasteiger partial charge in [0, 0.05) is 0 Å². The van der Waals surface area contributed by atoms with Crippen LogP contribution in [0.25, 0.3) is 0 Å². The predicted octanol–water partition coefficient (Wildman–Crippen LogP) is 4.44. The summed E-state index contributed by atoms with van der Waals surface area (Å²) < 4.78 is 48.1. The van der Waals surface area contributed by atoms with E-state index in [1.165, 1.54) is 6.07 Å². The molecule has 1 aromatic carbocycles. The first kappa shape index (κ1) is 19.1. The number of amides is 1. The van der Waals surface area contributed by atoms with E-state index in [0.29, 0.717) is 0 Å². The first-order valence-electron chi connectivity index (χ1n) is 6.35. The highest BCUT2D eigenvalue weighted by molar-refractivity contribution is 6.33. The molecule has 128 valence electrons. The summed E-state index contributed by atoms with van der Waals surface area (Å²) >= 11 is 5.75. The number of alkyl halides is 3. The van der Waals surface area contributed by atoms with Crippen molar-refractivity contribution < 1.29 is 32.2 Å². The van der Waals surface area contributed by atoms with E-state index in [4.69, 9.17) is 21.1 Å². The number of halogens is 4. The van der Waals surface area contributed by atoms with Crippen molar-refractivity contribution in [3.63, 3.8) is 0 Å². The maximum absolute atomic E-state index is 12.8. The molecule has 0 aliphatic carbocycles. The normalized spacial score (nSPS) is 11.8. The molecule has 0 saturated heterocycles. The van der Waals surface area contributed by atoms with E-state index in [1.54, 1.807) is 20.8 Å². The Morgan fingerprint density at radius 3 is 2.17 bits per heavy atom. The number of nitrogens with one attached hydrogen (secondary N) is 1. The van der Waals surface area contributed by atoms with Crippen LogP contribution >= 0.6 is 11.6 Å². The lowest BCUT2D eigenvalue weighted by Gasteiger charge is -2.21. The minimum absolute atomic E-state index is 0.199. The molecular formula is C14H15ClF3NO4. The van der Waals surface area contributed by atoms with Crippen LogP contribution in [0.2, 0.25) is 5.02 Å². The molecule has 9 heteroatoms. The number of anilines is 1. The number of methoxy groups -OCH3 is 1. The van der Waals surface area contributed by atoms with Crippen LogP contribution in [0.4, 0.5) is 23.7 Å². The number of ketones is 1. The summed E-state index contributed by atoms with van der Waals surface area (Å²) in [6, 6.07) is 2.26. The Kier molecular flexibility index (Phi) is 5.52. The number of ether oxygens (including phenoxy) is 2. The van der Waals surface area contributed by atoms with Gasteiger partial charge < -0.3 is 9.47 Å². The van der Waals surface area contributed by atoms with E-state index in [1.807, 2.05) is 0 Å². The number of Topliss-reactive ketones (excluding diaryl/α,β-unsaturated/α-hetero) is 1. The average Bonchev–Trinajstić information content (AvgIpc) is 2.36. The fourth-order valence-electron chi connectivity index (χ4n) is 1.64. The van der Waals surface area contributed by atoms with Crippen LogP contribution in [0.5, 0.6) is 5.75 Å². The summed E-state index contributed by atoms with van der Waals surface area (Å²) in [6.07, 6.45) is -6.18. The lowest BCUT2D eigenvalue weighted by atomic mass is 10.1. The molecule has 1 N–H and O–H groups in total. The van der Waals surface area contributed by atoms with Gasteiger partial charge in [0.15, 0.2) is 5.75 Å². The number of hydrogen-bond acceptors (Lipinski definition) is 4. The summed E-state index contributed by atoms with van der Waals surface area (Å²) in [5, 5.41) is 1.90. The van der Waals surface area contributed by atoms with Crippen LogP contribution in [0.15, 0.2) is 12.1 Å². The molecule has 0 fully saturated rings. The van der Waals surface area contributed by atoms with Gasteiger partial charge in [-0.3, -0.25) is 10.1 Å². The number of benzene rings is 1. The van der Waals surface area contributed by atoms with Gasteiger partial charge in [0.1, 0.15) is 5.60 Å². The third kappa shape index (κ3) is 5.02. The van der Waals surface area contributed by atoms with E-state index >= 15 is 0 Å². The minimum atomic E-state index is -5.16. The highest BCUT2D eigenvalue weighted by Crippen LogP contribution is 2.38. The fraction of sp³-hybridized carbons (Fsp3) is 0.429. The van der Waals surface area contributed by atoms with Crippen molar-refractivity contribution in [2.24, 2.45) is 0 Å². The van der Waals surface area contributed by atoms with E-state index in [9.17, 15) is 22.8 Å². The van der Waals surface area contributed by atoms with E-state index in [2.05, 4.69) is 5.32 Å². The van der Waals surface area contributed by atoms with Crippen LogP contribution in [0, 0.1) is 0 Å². The van der Waals surface area contributed by atoms with Crippen molar-refractivity contribution in [1.29, 1.82) is 0 Å².